The summed E-state index contributed by atoms with van der Waals surface area (Å²) in [4.78, 5) is 17.5. The molecule has 1 aliphatic heterocycles. The topological polar surface area (TPSA) is 53.4 Å². The molecule has 1 saturated heterocycles. The van der Waals surface area contributed by atoms with Crippen LogP contribution in [0.25, 0.3) is 11.1 Å². The van der Waals surface area contributed by atoms with Crippen LogP contribution in [0.1, 0.15) is 41.7 Å². The Kier molecular flexibility index (Phi) is 4.20. The molecule has 0 saturated carbocycles. The van der Waals surface area contributed by atoms with E-state index in [1.54, 1.807) is 12.3 Å². The molecule has 3 rings (SSSR count). The van der Waals surface area contributed by atoms with Gasteiger partial charge in [0.05, 0.1) is 5.56 Å². The van der Waals surface area contributed by atoms with Gasteiger partial charge in [-0.1, -0.05) is 24.3 Å². The SMILES string of the molecule is C[C@@H](c1ccc(-c2cncc(C(=O)O)c2)cc1)N1CCCC1. The molecule has 22 heavy (non-hydrogen) atoms. The number of pyridine rings is 1. The standard InChI is InChI=1S/C18H20N2O2/c1-13(20-8-2-3-9-20)14-4-6-15(7-5-14)16-10-17(18(21)22)12-19-11-16/h4-7,10-13H,2-3,8-9H2,1H3,(H,21,22)/t13-/m0/s1. The van der Waals surface area contributed by atoms with E-state index >= 15 is 0 Å². The Hall–Kier alpha value is -2.20. The van der Waals surface area contributed by atoms with Crippen molar-refractivity contribution in [3.63, 3.8) is 0 Å². The maximum Gasteiger partial charge on any atom is 0.337 e. The van der Waals surface area contributed by atoms with Crippen LogP contribution >= 0.6 is 0 Å². The third-order valence-corrected chi connectivity index (χ3v) is 4.40. The first-order valence-electron chi connectivity index (χ1n) is 7.68. The minimum Gasteiger partial charge on any atom is -0.478 e. The number of nitrogens with zero attached hydrogens (tertiary/aromatic N) is 2. The van der Waals surface area contributed by atoms with Crippen molar-refractivity contribution in [1.82, 2.24) is 9.88 Å². The molecule has 0 radical (unpaired) electrons. The van der Waals surface area contributed by atoms with E-state index in [1.807, 2.05) is 12.1 Å². The number of carbonyl (C=O) groups is 1. The molecule has 1 atom stereocenters. The Bertz CT molecular complexity index is 661. The zero-order valence-corrected chi connectivity index (χ0v) is 12.7. The number of carboxylic acid groups (broad SMARTS) is 1. The van der Waals surface area contributed by atoms with E-state index in [0.717, 1.165) is 11.1 Å². The molecule has 1 aliphatic rings. The summed E-state index contributed by atoms with van der Waals surface area (Å²) in [6.45, 7) is 4.59. The van der Waals surface area contributed by atoms with E-state index < -0.39 is 5.97 Å². The van der Waals surface area contributed by atoms with E-state index in [0.29, 0.717) is 6.04 Å². The van der Waals surface area contributed by atoms with Gasteiger partial charge in [-0.05, 0) is 50.0 Å². The molecule has 0 unspecified atom stereocenters. The smallest absolute Gasteiger partial charge is 0.337 e. The summed E-state index contributed by atoms with van der Waals surface area (Å²) in [6, 6.07) is 10.4. The van der Waals surface area contributed by atoms with Crippen molar-refractivity contribution in [2.24, 2.45) is 0 Å². The third-order valence-electron chi connectivity index (χ3n) is 4.40. The molecular weight excluding hydrogens is 276 g/mol. The molecule has 0 spiro atoms. The lowest BCUT2D eigenvalue weighted by Crippen LogP contribution is -2.23. The Labute approximate surface area is 130 Å². The van der Waals surface area contributed by atoms with Crippen molar-refractivity contribution < 1.29 is 9.90 Å². The largest absolute Gasteiger partial charge is 0.478 e. The molecule has 1 aromatic carbocycles. The fourth-order valence-corrected chi connectivity index (χ4v) is 3.01. The number of benzene rings is 1. The number of rotatable bonds is 4. The summed E-state index contributed by atoms with van der Waals surface area (Å²) in [6.07, 6.45) is 5.65. The van der Waals surface area contributed by atoms with E-state index in [4.69, 9.17) is 5.11 Å². The van der Waals surface area contributed by atoms with Crippen LogP contribution in [0.3, 0.4) is 0 Å². The molecule has 2 heterocycles. The van der Waals surface area contributed by atoms with Crippen molar-refractivity contribution >= 4 is 5.97 Å². The first-order chi connectivity index (χ1) is 10.6. The highest BCUT2D eigenvalue weighted by molar-refractivity contribution is 5.88. The predicted octanol–water partition coefficient (Wildman–Crippen LogP) is 3.60. The second-order valence-electron chi connectivity index (χ2n) is 5.81. The summed E-state index contributed by atoms with van der Waals surface area (Å²) < 4.78 is 0. The van der Waals surface area contributed by atoms with Crippen molar-refractivity contribution in [3.8, 4) is 11.1 Å². The number of aromatic carboxylic acids is 1. The maximum atomic E-state index is 11.0. The molecule has 4 heteroatoms. The van der Waals surface area contributed by atoms with Gasteiger partial charge in [-0.3, -0.25) is 9.88 Å². The van der Waals surface area contributed by atoms with Crippen molar-refractivity contribution in [2.45, 2.75) is 25.8 Å². The summed E-state index contributed by atoms with van der Waals surface area (Å²) in [5, 5.41) is 9.05. The van der Waals surface area contributed by atoms with E-state index in [1.165, 1.54) is 37.7 Å². The molecule has 1 N–H and O–H groups in total. The zero-order valence-electron chi connectivity index (χ0n) is 12.7. The lowest BCUT2D eigenvalue weighted by atomic mass is 10.0. The highest BCUT2D eigenvalue weighted by Crippen LogP contribution is 2.27. The Morgan fingerprint density at radius 1 is 1.14 bits per heavy atom. The summed E-state index contributed by atoms with van der Waals surface area (Å²) in [5.74, 6) is -0.950. The summed E-state index contributed by atoms with van der Waals surface area (Å²) >= 11 is 0. The van der Waals surface area contributed by atoms with E-state index in [2.05, 4.69) is 28.9 Å². The Morgan fingerprint density at radius 2 is 1.82 bits per heavy atom. The molecule has 0 aliphatic carbocycles. The van der Waals surface area contributed by atoms with Crippen LogP contribution in [0.4, 0.5) is 0 Å². The van der Waals surface area contributed by atoms with Gasteiger partial charge in [-0.2, -0.15) is 0 Å². The van der Waals surface area contributed by atoms with Gasteiger partial charge in [0.1, 0.15) is 0 Å². The normalized spacial score (nSPS) is 16.6. The van der Waals surface area contributed by atoms with Gasteiger partial charge in [-0.15, -0.1) is 0 Å². The molecule has 0 bridgehead atoms. The van der Waals surface area contributed by atoms with Crippen molar-refractivity contribution in [3.05, 3.63) is 53.9 Å². The number of aromatic nitrogens is 1. The number of hydrogen-bond donors (Lipinski definition) is 1. The zero-order chi connectivity index (χ0) is 15.5. The van der Waals surface area contributed by atoms with Crippen LogP contribution in [-0.2, 0) is 0 Å². The second kappa shape index (κ2) is 6.28. The average molecular weight is 296 g/mol. The lowest BCUT2D eigenvalue weighted by molar-refractivity contribution is 0.0696. The Morgan fingerprint density at radius 3 is 2.45 bits per heavy atom. The fraction of sp³-hybridized carbons (Fsp3) is 0.333. The van der Waals surface area contributed by atoms with Gasteiger partial charge in [0.25, 0.3) is 0 Å². The summed E-state index contributed by atoms with van der Waals surface area (Å²) in [5.41, 5.74) is 3.34. The van der Waals surface area contributed by atoms with Crippen LogP contribution in [0.15, 0.2) is 42.7 Å². The van der Waals surface area contributed by atoms with Gasteiger partial charge in [0, 0.05) is 24.0 Å². The quantitative estimate of drug-likeness (QED) is 0.936. The molecule has 114 valence electrons. The van der Waals surface area contributed by atoms with E-state index in [9.17, 15) is 4.79 Å². The minimum absolute atomic E-state index is 0.215. The average Bonchev–Trinajstić information content (AvgIpc) is 3.09. The minimum atomic E-state index is -0.950. The molecule has 1 aromatic heterocycles. The lowest BCUT2D eigenvalue weighted by Gasteiger charge is -2.24. The van der Waals surface area contributed by atoms with Crippen molar-refractivity contribution in [1.29, 1.82) is 0 Å². The van der Waals surface area contributed by atoms with Crippen LogP contribution in [-0.4, -0.2) is 34.0 Å². The maximum absolute atomic E-state index is 11.0. The Balaban J connectivity index is 1.81. The van der Waals surface area contributed by atoms with Gasteiger partial charge >= 0.3 is 5.97 Å². The van der Waals surface area contributed by atoms with Crippen molar-refractivity contribution in [2.75, 3.05) is 13.1 Å². The highest BCUT2D eigenvalue weighted by atomic mass is 16.4. The van der Waals surface area contributed by atoms with Gasteiger partial charge in [-0.25, -0.2) is 4.79 Å². The molecule has 2 aromatic rings. The van der Waals surface area contributed by atoms with E-state index in [-0.39, 0.29) is 5.56 Å². The fourth-order valence-electron chi connectivity index (χ4n) is 3.01. The monoisotopic (exact) mass is 296 g/mol. The molecule has 1 fully saturated rings. The van der Waals surface area contributed by atoms with Crippen LogP contribution in [0.5, 0.6) is 0 Å². The summed E-state index contributed by atoms with van der Waals surface area (Å²) in [7, 11) is 0. The number of hydrogen-bond acceptors (Lipinski definition) is 3. The predicted molar refractivity (Wildman–Crippen MR) is 85.9 cm³/mol. The van der Waals surface area contributed by atoms with Gasteiger partial charge < -0.3 is 5.11 Å². The van der Waals surface area contributed by atoms with Gasteiger partial charge in [0.2, 0.25) is 0 Å². The second-order valence-corrected chi connectivity index (χ2v) is 5.81. The number of carboxylic acids is 1. The highest BCUT2D eigenvalue weighted by Gasteiger charge is 2.19. The molecule has 4 nitrogen and oxygen atoms in total. The first-order valence-corrected chi connectivity index (χ1v) is 7.68. The molecular formula is C18H20N2O2. The van der Waals surface area contributed by atoms with Crippen LogP contribution < -0.4 is 0 Å². The first kappa shape index (κ1) is 14.7. The third kappa shape index (κ3) is 3.02. The van der Waals surface area contributed by atoms with Gasteiger partial charge in [0.15, 0.2) is 0 Å². The number of likely N-dealkylation sites (tertiary alicyclic amines) is 1. The van der Waals surface area contributed by atoms with Crippen LogP contribution in [0, 0.1) is 0 Å². The van der Waals surface area contributed by atoms with Crippen LogP contribution in [0.2, 0.25) is 0 Å². The molecule has 0 amide bonds.